The molecule has 0 fully saturated rings. The Hall–Kier alpha value is -6.42. The molecule has 59 heavy (non-hydrogen) atoms. The first kappa shape index (κ1) is 25.8. The maximum Gasteiger partial charge on any atom is 0.135 e. The molecule has 0 bridgehead atoms. The largest absolute Gasteiger partial charge is 0.509 e. The number of rotatable bonds is 7. The first-order valence-corrected chi connectivity index (χ1v) is 18.6. The SMILES string of the molecule is [2H]c1c([2H])c([2H])c(-c2cccc(-c3c([2H])c([2H])c([2H])c([2H])c3[2H])c2N2[CH-]N(c3[c-]c(Oc4[c-]c5c(cc4)c4ccccc4n5-c4cc(C(C)(C)C)ccn4)cc(C([2H])([2H])[2H])c3)c3ccccc32)c([2H])c1[2H].[Pt]. The standard InChI is InChI=1S/C53H41N4O.Pt/c1-36-30-40(33-42(31-36)58-41-26-27-46-45-20-11-12-23-47(45)57(50(46)34-41)51-32-39(28-29-54-51)53(2,3)4)55-35-56(49-25-14-13-24-48(49)55)52-43(37-16-7-5-8-17-37)21-15-22-44(52)38-18-9-6-10-19-38;/h5-32,35H,1-4H3;/q-3;/i1D3,5D,6D,7D,8D,9D,10D,16D,17D,18D,19D;. The van der Waals surface area contributed by atoms with Crippen molar-refractivity contribution < 1.29 is 43.6 Å². The molecule has 0 unspecified atom stereocenters. The summed E-state index contributed by atoms with van der Waals surface area (Å²) in [7, 11) is 0. The number of nitrogens with zero attached hydrogens (tertiary/aromatic N) is 4. The molecule has 2 aromatic heterocycles. The first-order chi connectivity index (χ1) is 33.6. The number of ether oxygens (including phenoxy) is 1. The van der Waals surface area contributed by atoms with E-state index in [9.17, 15) is 0 Å². The second kappa shape index (κ2) is 15.4. The fourth-order valence-corrected chi connectivity index (χ4v) is 7.47. The van der Waals surface area contributed by atoms with Gasteiger partial charge in [0.05, 0.1) is 13.7 Å². The Bertz CT molecular complexity index is 3540. The molecule has 6 heteroatoms. The molecule has 10 rings (SSSR count). The van der Waals surface area contributed by atoms with Crippen molar-refractivity contribution in [1.82, 2.24) is 9.55 Å². The topological polar surface area (TPSA) is 33.5 Å². The third-order valence-corrected chi connectivity index (χ3v) is 10.2. The van der Waals surface area contributed by atoms with Gasteiger partial charge in [-0.05, 0) is 57.8 Å². The van der Waals surface area contributed by atoms with E-state index in [1.165, 1.54) is 18.2 Å². The van der Waals surface area contributed by atoms with Crippen LogP contribution < -0.4 is 14.5 Å². The molecule has 1 aliphatic rings. The van der Waals surface area contributed by atoms with E-state index in [0.29, 0.717) is 22.7 Å². The molecular weight excluding hydrogens is 904 g/mol. The van der Waals surface area contributed by atoms with E-state index < -0.39 is 67.3 Å². The second-order valence-corrected chi connectivity index (χ2v) is 14.9. The zero-order valence-corrected chi connectivity index (χ0v) is 34.3. The average molecular weight is 958 g/mol. The molecule has 3 heterocycles. The number of aryl methyl sites for hydroxylation is 1. The van der Waals surface area contributed by atoms with Gasteiger partial charge >= 0.3 is 0 Å². The normalized spacial score (nSPS) is 15.8. The number of benzene rings is 7. The fraction of sp³-hybridized carbons (Fsp3) is 0.0943. The van der Waals surface area contributed by atoms with Crippen molar-refractivity contribution in [3.8, 4) is 39.6 Å². The number of anilines is 4. The predicted octanol–water partition coefficient (Wildman–Crippen LogP) is 13.9. The van der Waals surface area contributed by atoms with Crippen LogP contribution in [-0.4, -0.2) is 9.55 Å². The number of para-hydroxylation sites is 4. The smallest absolute Gasteiger partial charge is 0.135 e. The van der Waals surface area contributed by atoms with Crippen LogP contribution in [0.25, 0.3) is 49.9 Å². The van der Waals surface area contributed by atoms with Gasteiger partial charge in [0.25, 0.3) is 0 Å². The van der Waals surface area contributed by atoms with Crippen LogP contribution in [0.3, 0.4) is 0 Å². The number of fused-ring (bicyclic) bond motifs is 4. The molecule has 9 aromatic rings. The van der Waals surface area contributed by atoms with Gasteiger partial charge in [-0.3, -0.25) is 0 Å². The van der Waals surface area contributed by atoms with Gasteiger partial charge in [0.2, 0.25) is 0 Å². The van der Waals surface area contributed by atoms with E-state index in [-0.39, 0.29) is 77.2 Å². The van der Waals surface area contributed by atoms with E-state index in [4.69, 9.17) is 27.5 Å². The molecule has 0 atom stereocenters. The quantitative estimate of drug-likeness (QED) is 0.149. The zero-order chi connectivity index (χ0) is 50.6. The first-order valence-electron chi connectivity index (χ1n) is 25.1. The summed E-state index contributed by atoms with van der Waals surface area (Å²) in [6.45, 7) is 5.36. The molecule has 0 amide bonds. The summed E-state index contributed by atoms with van der Waals surface area (Å²) in [5.41, 5.74) is 3.50. The Balaban J connectivity index is 0.00000640. The Morgan fingerprint density at radius 2 is 1.36 bits per heavy atom. The van der Waals surface area contributed by atoms with Gasteiger partial charge in [-0.15, -0.1) is 48.1 Å². The summed E-state index contributed by atoms with van der Waals surface area (Å²) in [6, 6.07) is 31.2. The molecule has 0 saturated carbocycles. The maximum atomic E-state index is 9.02. The van der Waals surface area contributed by atoms with Crippen LogP contribution in [-0.2, 0) is 26.5 Å². The van der Waals surface area contributed by atoms with E-state index in [1.54, 1.807) is 65.1 Å². The Labute approximate surface area is 378 Å². The van der Waals surface area contributed by atoms with Crippen LogP contribution in [0.15, 0.2) is 170 Å². The zero-order valence-electron chi connectivity index (χ0n) is 45.0. The van der Waals surface area contributed by atoms with Gasteiger partial charge < -0.3 is 19.1 Å². The van der Waals surface area contributed by atoms with Crippen molar-refractivity contribution in [2.45, 2.75) is 33.0 Å². The summed E-state index contributed by atoms with van der Waals surface area (Å²) in [6.07, 6.45) is 1.78. The van der Waals surface area contributed by atoms with Crippen molar-refractivity contribution in [3.63, 3.8) is 0 Å². The van der Waals surface area contributed by atoms with Crippen molar-refractivity contribution in [2.75, 3.05) is 9.80 Å². The van der Waals surface area contributed by atoms with Gasteiger partial charge in [0.15, 0.2) is 0 Å². The maximum absolute atomic E-state index is 9.02. The van der Waals surface area contributed by atoms with Crippen LogP contribution >= 0.6 is 0 Å². The summed E-state index contributed by atoms with van der Waals surface area (Å²) < 4.78 is 121. The molecule has 0 radical (unpaired) electrons. The van der Waals surface area contributed by atoms with Gasteiger partial charge in [-0.1, -0.05) is 142 Å². The van der Waals surface area contributed by atoms with Crippen molar-refractivity contribution in [3.05, 3.63) is 200 Å². The minimum absolute atomic E-state index is 0. The number of hydrogen-bond acceptors (Lipinski definition) is 4. The molecule has 0 aliphatic carbocycles. The van der Waals surface area contributed by atoms with Crippen LogP contribution in [0.5, 0.6) is 11.5 Å². The van der Waals surface area contributed by atoms with Gasteiger partial charge in [0, 0.05) is 76.6 Å². The number of aromatic nitrogens is 2. The van der Waals surface area contributed by atoms with E-state index >= 15 is 0 Å². The summed E-state index contributed by atoms with van der Waals surface area (Å²) in [4.78, 5) is 8.05. The Kier molecular flexibility index (Phi) is 6.74. The van der Waals surface area contributed by atoms with Crippen molar-refractivity contribution >= 4 is 44.6 Å². The molecule has 0 spiro atoms. The van der Waals surface area contributed by atoms with E-state index in [0.717, 1.165) is 21.9 Å². The monoisotopic (exact) mass is 957 g/mol. The summed E-state index contributed by atoms with van der Waals surface area (Å²) in [5, 5.41) is 1.87. The molecule has 5 nitrogen and oxygen atoms in total. The van der Waals surface area contributed by atoms with Crippen molar-refractivity contribution in [2.24, 2.45) is 0 Å². The molecule has 1 aliphatic heterocycles. The molecule has 0 N–H and O–H groups in total. The van der Waals surface area contributed by atoms with Gasteiger partial charge in [-0.25, -0.2) is 4.98 Å². The second-order valence-electron chi connectivity index (χ2n) is 14.9. The van der Waals surface area contributed by atoms with E-state index in [1.807, 2.05) is 41.0 Å². The molecule has 7 aromatic carbocycles. The average Bonchev–Trinajstić information content (AvgIpc) is 3.89. The number of hydrogen-bond donors (Lipinski definition) is 0. The van der Waals surface area contributed by atoms with Crippen LogP contribution in [0.1, 0.15) is 49.7 Å². The summed E-state index contributed by atoms with van der Waals surface area (Å²) in [5.74, 6) is 0.996. The number of pyridine rings is 1. The van der Waals surface area contributed by atoms with Crippen LogP contribution in [0, 0.1) is 25.7 Å². The Morgan fingerprint density at radius 1 is 0.678 bits per heavy atom. The third-order valence-electron chi connectivity index (χ3n) is 10.2. The van der Waals surface area contributed by atoms with E-state index in [2.05, 4.69) is 39.0 Å². The minimum atomic E-state index is -2.63. The van der Waals surface area contributed by atoms with Crippen LogP contribution in [0.4, 0.5) is 22.7 Å². The molecular formula is C53H41N4OPt-3. The van der Waals surface area contributed by atoms with Gasteiger partial charge in [-0.2, -0.15) is 11.6 Å². The van der Waals surface area contributed by atoms with Crippen molar-refractivity contribution in [1.29, 1.82) is 0 Å². The van der Waals surface area contributed by atoms with Crippen LogP contribution in [0.2, 0.25) is 0 Å². The third kappa shape index (κ3) is 7.00. The predicted molar refractivity (Wildman–Crippen MR) is 239 cm³/mol. The Morgan fingerprint density at radius 3 is 2.05 bits per heavy atom. The summed E-state index contributed by atoms with van der Waals surface area (Å²) >= 11 is 0. The molecule has 292 valence electrons. The molecule has 0 saturated heterocycles. The minimum Gasteiger partial charge on any atom is -0.509 e. The fourth-order valence-electron chi connectivity index (χ4n) is 7.47. The van der Waals surface area contributed by atoms with Gasteiger partial charge in [0.1, 0.15) is 5.82 Å².